The van der Waals surface area contributed by atoms with E-state index in [4.69, 9.17) is 4.74 Å². The molecule has 0 atom stereocenters. The molecule has 3 nitrogen and oxygen atoms in total. The topological polar surface area (TPSA) is 29.5 Å². The second-order valence-corrected chi connectivity index (χ2v) is 6.63. The molecule has 108 valence electrons. The summed E-state index contributed by atoms with van der Waals surface area (Å²) in [7, 11) is 0. The van der Waals surface area contributed by atoms with E-state index in [2.05, 4.69) is 38.5 Å². The van der Waals surface area contributed by atoms with Gasteiger partial charge in [0.25, 0.3) is 5.91 Å². The van der Waals surface area contributed by atoms with Crippen molar-refractivity contribution in [2.45, 2.75) is 6.54 Å². The van der Waals surface area contributed by atoms with Crippen molar-refractivity contribution >= 4 is 50.1 Å². The lowest BCUT2D eigenvalue weighted by Gasteiger charge is -2.29. The number of carbonyl (C=O) groups excluding carboxylic acids is 1. The van der Waals surface area contributed by atoms with E-state index >= 15 is 0 Å². The van der Waals surface area contributed by atoms with Crippen LogP contribution >= 0.6 is 38.5 Å². The second kappa shape index (κ2) is 5.92. The summed E-state index contributed by atoms with van der Waals surface area (Å²) in [5.74, 6) is 0.199. The number of hydrogen-bond donors (Lipinski definition) is 0. The van der Waals surface area contributed by atoms with Crippen LogP contribution < -0.4 is 9.64 Å². The third-order valence-electron chi connectivity index (χ3n) is 3.22. The van der Waals surface area contributed by atoms with Crippen molar-refractivity contribution in [2.75, 3.05) is 11.5 Å². The van der Waals surface area contributed by atoms with Crippen molar-refractivity contribution in [3.05, 3.63) is 55.8 Å². The van der Waals surface area contributed by atoms with Gasteiger partial charge in [-0.25, -0.2) is 4.39 Å². The zero-order valence-corrected chi connectivity index (χ0v) is 14.5. The van der Waals surface area contributed by atoms with Crippen molar-refractivity contribution in [3.63, 3.8) is 0 Å². The summed E-state index contributed by atoms with van der Waals surface area (Å²) < 4.78 is 20.5. The van der Waals surface area contributed by atoms with Gasteiger partial charge in [-0.15, -0.1) is 0 Å². The number of benzene rings is 2. The first-order valence-corrected chi connectivity index (χ1v) is 8.09. The summed E-state index contributed by atoms with van der Waals surface area (Å²) in [6, 6.07) is 10.5. The maximum Gasteiger partial charge on any atom is 0.265 e. The van der Waals surface area contributed by atoms with Crippen LogP contribution in [0.25, 0.3) is 0 Å². The minimum atomic E-state index is -0.337. The standard InChI is InChI=1S/C15H10BrFINO2/c16-15-9(2-1-3-11(15)17)7-19-12-5-4-10(18)6-13(12)21-8-14(19)20/h1-6H,7-8H2. The highest BCUT2D eigenvalue weighted by molar-refractivity contribution is 14.1. The Hall–Kier alpha value is -1.15. The van der Waals surface area contributed by atoms with Gasteiger partial charge in [0.15, 0.2) is 6.61 Å². The monoisotopic (exact) mass is 461 g/mol. The third kappa shape index (κ3) is 2.91. The molecule has 2 aromatic rings. The van der Waals surface area contributed by atoms with E-state index in [0.29, 0.717) is 22.5 Å². The van der Waals surface area contributed by atoms with E-state index in [-0.39, 0.29) is 18.3 Å². The van der Waals surface area contributed by atoms with Crippen LogP contribution in [0.2, 0.25) is 0 Å². The molecule has 1 amide bonds. The van der Waals surface area contributed by atoms with Gasteiger partial charge in [0.2, 0.25) is 0 Å². The number of hydrogen-bond acceptors (Lipinski definition) is 2. The molecular formula is C15H10BrFINO2. The Morgan fingerprint density at radius 1 is 1.33 bits per heavy atom. The van der Waals surface area contributed by atoms with Crippen LogP contribution in [0.4, 0.5) is 10.1 Å². The summed E-state index contributed by atoms with van der Waals surface area (Å²) in [6.45, 7) is 0.300. The van der Waals surface area contributed by atoms with Crippen LogP contribution in [0.5, 0.6) is 5.75 Å². The average molecular weight is 462 g/mol. The summed E-state index contributed by atoms with van der Waals surface area (Å²) in [5.41, 5.74) is 1.43. The fourth-order valence-electron chi connectivity index (χ4n) is 2.19. The highest BCUT2D eigenvalue weighted by Crippen LogP contribution is 2.35. The van der Waals surface area contributed by atoms with Crippen molar-refractivity contribution in [2.24, 2.45) is 0 Å². The molecule has 1 aliphatic rings. The molecule has 21 heavy (non-hydrogen) atoms. The van der Waals surface area contributed by atoms with E-state index in [0.717, 1.165) is 9.13 Å². The molecule has 0 bridgehead atoms. The first-order valence-electron chi connectivity index (χ1n) is 6.22. The number of carbonyl (C=O) groups is 1. The lowest BCUT2D eigenvalue weighted by molar-refractivity contribution is -0.121. The number of ether oxygens (including phenoxy) is 1. The quantitative estimate of drug-likeness (QED) is 0.629. The SMILES string of the molecule is O=C1COc2cc(I)ccc2N1Cc1cccc(F)c1Br. The highest BCUT2D eigenvalue weighted by atomic mass is 127. The fraction of sp³-hybridized carbons (Fsp3) is 0.133. The minimum absolute atomic E-state index is 0.0000279. The smallest absolute Gasteiger partial charge is 0.265 e. The maximum absolute atomic E-state index is 13.6. The molecule has 0 saturated carbocycles. The largest absolute Gasteiger partial charge is 0.482 e. The predicted octanol–water partition coefficient (Wildman–Crippen LogP) is 4.12. The third-order valence-corrected chi connectivity index (χ3v) is 4.78. The molecule has 1 aliphatic heterocycles. The average Bonchev–Trinajstić information content (AvgIpc) is 2.46. The van der Waals surface area contributed by atoms with Crippen molar-refractivity contribution in [1.82, 2.24) is 0 Å². The van der Waals surface area contributed by atoms with Gasteiger partial charge < -0.3 is 9.64 Å². The first kappa shape index (κ1) is 14.8. The number of halogens is 3. The molecule has 3 rings (SSSR count). The lowest BCUT2D eigenvalue weighted by Crippen LogP contribution is -2.38. The van der Waals surface area contributed by atoms with Crippen LogP contribution in [0.15, 0.2) is 40.9 Å². The number of rotatable bonds is 2. The normalized spacial score (nSPS) is 13.9. The lowest BCUT2D eigenvalue weighted by atomic mass is 10.1. The van der Waals surface area contributed by atoms with E-state index in [1.165, 1.54) is 6.07 Å². The summed E-state index contributed by atoms with van der Waals surface area (Å²) in [6.07, 6.45) is 0. The summed E-state index contributed by atoms with van der Waals surface area (Å²) in [5, 5.41) is 0. The molecule has 0 fully saturated rings. The fourth-order valence-corrected chi connectivity index (χ4v) is 3.04. The molecule has 0 radical (unpaired) electrons. The zero-order chi connectivity index (χ0) is 15.0. The van der Waals surface area contributed by atoms with Crippen molar-refractivity contribution in [1.29, 1.82) is 0 Å². The van der Waals surface area contributed by atoms with Gasteiger partial charge in [-0.2, -0.15) is 0 Å². The second-order valence-electron chi connectivity index (χ2n) is 4.59. The Labute approximate surface area is 143 Å². The Bertz CT molecular complexity index is 723. The van der Waals surface area contributed by atoms with Crippen LogP contribution in [-0.2, 0) is 11.3 Å². The number of amides is 1. The molecule has 0 aromatic heterocycles. The van der Waals surface area contributed by atoms with Crippen LogP contribution in [-0.4, -0.2) is 12.5 Å². The minimum Gasteiger partial charge on any atom is -0.482 e. The maximum atomic E-state index is 13.6. The summed E-state index contributed by atoms with van der Waals surface area (Å²) in [4.78, 5) is 13.8. The van der Waals surface area contributed by atoms with Crippen LogP contribution in [0, 0.1) is 9.39 Å². The van der Waals surface area contributed by atoms with Gasteiger partial charge >= 0.3 is 0 Å². The van der Waals surface area contributed by atoms with Crippen molar-refractivity contribution < 1.29 is 13.9 Å². The van der Waals surface area contributed by atoms with E-state index in [9.17, 15) is 9.18 Å². The molecule has 0 aliphatic carbocycles. The Morgan fingerprint density at radius 3 is 2.95 bits per heavy atom. The number of anilines is 1. The number of fused-ring (bicyclic) bond motifs is 1. The van der Waals surface area contributed by atoms with Gasteiger partial charge in [-0.05, 0) is 68.3 Å². The van der Waals surface area contributed by atoms with Gasteiger partial charge in [0.1, 0.15) is 11.6 Å². The Kier molecular flexibility index (Phi) is 4.17. The molecule has 0 unspecified atom stereocenters. The van der Waals surface area contributed by atoms with E-state index in [1.807, 2.05) is 18.2 Å². The Morgan fingerprint density at radius 2 is 2.14 bits per heavy atom. The van der Waals surface area contributed by atoms with E-state index < -0.39 is 0 Å². The van der Waals surface area contributed by atoms with Gasteiger partial charge in [-0.3, -0.25) is 4.79 Å². The summed E-state index contributed by atoms with van der Waals surface area (Å²) >= 11 is 5.42. The van der Waals surface area contributed by atoms with Gasteiger partial charge in [-0.1, -0.05) is 12.1 Å². The van der Waals surface area contributed by atoms with Crippen LogP contribution in [0.3, 0.4) is 0 Å². The molecule has 6 heteroatoms. The Balaban J connectivity index is 1.99. The van der Waals surface area contributed by atoms with Gasteiger partial charge in [0, 0.05) is 3.57 Å². The molecule has 2 aromatic carbocycles. The molecule has 0 spiro atoms. The number of nitrogens with zero attached hydrogens (tertiary/aromatic N) is 1. The molecule has 0 N–H and O–H groups in total. The van der Waals surface area contributed by atoms with Crippen molar-refractivity contribution in [3.8, 4) is 5.75 Å². The molecule has 1 heterocycles. The van der Waals surface area contributed by atoms with E-state index in [1.54, 1.807) is 17.0 Å². The van der Waals surface area contributed by atoms with Gasteiger partial charge in [0.05, 0.1) is 16.7 Å². The molecule has 0 saturated heterocycles. The molecular weight excluding hydrogens is 452 g/mol. The zero-order valence-electron chi connectivity index (χ0n) is 10.8. The highest BCUT2D eigenvalue weighted by Gasteiger charge is 2.26. The first-order chi connectivity index (χ1) is 10.1. The van der Waals surface area contributed by atoms with Crippen LogP contribution in [0.1, 0.15) is 5.56 Å². The predicted molar refractivity (Wildman–Crippen MR) is 89.9 cm³/mol.